The third kappa shape index (κ3) is 9.96. The van der Waals surface area contributed by atoms with Gasteiger partial charge in [0.25, 0.3) is 15.9 Å². The molecule has 1 saturated heterocycles. The van der Waals surface area contributed by atoms with E-state index in [1.807, 2.05) is 25.7 Å². The minimum Gasteiger partial charge on any atom is -0.477 e. The van der Waals surface area contributed by atoms with E-state index in [-0.39, 0.29) is 27.2 Å². The number of sulfonamides is 1. The summed E-state index contributed by atoms with van der Waals surface area (Å²) in [5.74, 6) is 0.327. The summed E-state index contributed by atoms with van der Waals surface area (Å²) in [6, 6.07) is 7.75. The van der Waals surface area contributed by atoms with Crippen LogP contribution >= 0.6 is 11.6 Å². The normalized spacial score (nSPS) is 18.1. The van der Waals surface area contributed by atoms with Gasteiger partial charge in [-0.15, -0.1) is 5.10 Å². The monoisotopic (exact) mass is 728 g/mol. The lowest BCUT2D eigenvalue weighted by Gasteiger charge is -2.33. The van der Waals surface area contributed by atoms with Crippen molar-refractivity contribution >= 4 is 33.6 Å². The minimum atomic E-state index is -4.20. The topological polar surface area (TPSA) is 146 Å². The number of likely N-dealkylation sites (tertiary alicyclic amines) is 1. The first-order chi connectivity index (χ1) is 23.4. The molecular formula is C36H49ClN6O6S. The van der Waals surface area contributed by atoms with E-state index < -0.39 is 21.5 Å². The predicted molar refractivity (Wildman–Crippen MR) is 190 cm³/mol. The first-order valence-corrected chi connectivity index (χ1v) is 19.2. The van der Waals surface area contributed by atoms with Crippen molar-refractivity contribution in [1.82, 2.24) is 29.4 Å². The van der Waals surface area contributed by atoms with Crippen LogP contribution in [-0.2, 0) is 21.2 Å². The molecule has 1 saturated carbocycles. The molecule has 2 fully saturated rings. The smallest absolute Gasteiger partial charge is 0.410 e. The van der Waals surface area contributed by atoms with Crippen LogP contribution in [0.1, 0.15) is 109 Å². The van der Waals surface area contributed by atoms with E-state index in [2.05, 4.69) is 40.6 Å². The van der Waals surface area contributed by atoms with Crippen LogP contribution in [0.4, 0.5) is 4.79 Å². The summed E-state index contributed by atoms with van der Waals surface area (Å²) in [4.78, 5) is 35.9. The van der Waals surface area contributed by atoms with Crippen molar-refractivity contribution < 1.29 is 27.5 Å². The highest BCUT2D eigenvalue weighted by molar-refractivity contribution is 7.90. The number of nitrogens with zero attached hydrogens (tertiary/aromatic N) is 5. The Morgan fingerprint density at radius 1 is 1.06 bits per heavy atom. The fourth-order valence-electron chi connectivity index (χ4n) is 6.19. The molecule has 272 valence electrons. The van der Waals surface area contributed by atoms with E-state index in [0.29, 0.717) is 42.6 Å². The average molecular weight is 729 g/mol. The van der Waals surface area contributed by atoms with E-state index >= 15 is 0 Å². The molecule has 3 aromatic rings. The Hall–Kier alpha value is -3.71. The summed E-state index contributed by atoms with van der Waals surface area (Å²) in [6.07, 6.45) is 11.7. The van der Waals surface area contributed by atoms with Gasteiger partial charge in [-0.3, -0.25) is 9.78 Å². The standard InChI is InChI=1S/C36H49ClN6O6S/c1-34(2,3)49-33(45)42-24-25(22-35(42,4)5)10-8-7-9-11-26-12-13-27(23-38-26)50(46,47)41-32(44)28-14-15-29(39-31(28)37)43-20-16-30(40-43)48-21-19-36(6)17-18-36/h12-16,20,23,25H,7-11,17-19,21-22,24H2,1-6H3,(H,41,44). The predicted octanol–water partition coefficient (Wildman–Crippen LogP) is 7.14. The molecule has 2 amide bonds. The Morgan fingerprint density at radius 2 is 1.82 bits per heavy atom. The number of unbranched alkanes of at least 4 members (excludes halogenated alkanes) is 2. The number of hydrogen-bond donors (Lipinski definition) is 1. The molecule has 5 rings (SSSR count). The third-order valence-corrected chi connectivity index (χ3v) is 11.0. The van der Waals surface area contributed by atoms with Gasteiger partial charge in [-0.2, -0.15) is 0 Å². The van der Waals surface area contributed by atoms with Crippen molar-refractivity contribution in [3.05, 3.63) is 59.1 Å². The lowest BCUT2D eigenvalue weighted by Crippen LogP contribution is -2.45. The maximum atomic E-state index is 13.0. The van der Waals surface area contributed by atoms with Crippen molar-refractivity contribution in [2.24, 2.45) is 11.3 Å². The number of hydrogen-bond acceptors (Lipinski definition) is 9. The molecule has 3 aromatic heterocycles. The maximum Gasteiger partial charge on any atom is 0.410 e. The molecule has 0 spiro atoms. The lowest BCUT2D eigenvalue weighted by molar-refractivity contribution is 0.0130. The molecule has 0 bridgehead atoms. The number of amides is 2. The van der Waals surface area contributed by atoms with Crippen LogP contribution in [0.5, 0.6) is 5.88 Å². The molecule has 12 nitrogen and oxygen atoms in total. The van der Waals surface area contributed by atoms with Gasteiger partial charge >= 0.3 is 6.09 Å². The number of carbonyl (C=O) groups excluding carboxylic acids is 2. The largest absolute Gasteiger partial charge is 0.477 e. The van der Waals surface area contributed by atoms with Crippen LogP contribution in [0.2, 0.25) is 5.15 Å². The molecule has 1 N–H and O–H groups in total. The number of halogens is 1. The third-order valence-electron chi connectivity index (χ3n) is 9.39. The van der Waals surface area contributed by atoms with Crippen molar-refractivity contribution in [1.29, 1.82) is 0 Å². The summed E-state index contributed by atoms with van der Waals surface area (Å²) in [7, 11) is -4.20. The number of nitrogens with one attached hydrogen (secondary N) is 1. The maximum absolute atomic E-state index is 13.0. The van der Waals surface area contributed by atoms with Crippen molar-refractivity contribution in [3.8, 4) is 11.7 Å². The first-order valence-electron chi connectivity index (χ1n) is 17.3. The van der Waals surface area contributed by atoms with Gasteiger partial charge in [-0.25, -0.2) is 27.6 Å². The van der Waals surface area contributed by atoms with E-state index in [0.717, 1.165) is 44.2 Å². The van der Waals surface area contributed by atoms with Crippen molar-refractivity contribution in [2.75, 3.05) is 13.2 Å². The van der Waals surface area contributed by atoms with Crippen LogP contribution in [0.3, 0.4) is 0 Å². The zero-order chi connectivity index (χ0) is 36.3. The van der Waals surface area contributed by atoms with Gasteiger partial charge in [0.1, 0.15) is 15.6 Å². The summed E-state index contributed by atoms with van der Waals surface area (Å²) in [5.41, 5.74) is 0.295. The summed E-state index contributed by atoms with van der Waals surface area (Å²) in [5, 5.41) is 4.20. The van der Waals surface area contributed by atoms with Gasteiger partial charge in [0.2, 0.25) is 5.88 Å². The second-order valence-corrected chi connectivity index (χ2v) is 17.5. The fourth-order valence-corrected chi connectivity index (χ4v) is 7.33. The molecule has 14 heteroatoms. The molecule has 0 aromatic carbocycles. The Kier molecular flexibility index (Phi) is 11.2. The van der Waals surface area contributed by atoms with Gasteiger partial charge in [-0.05, 0) is 115 Å². The van der Waals surface area contributed by atoms with E-state index in [1.165, 1.54) is 41.9 Å². The van der Waals surface area contributed by atoms with E-state index in [4.69, 9.17) is 21.1 Å². The Morgan fingerprint density at radius 3 is 2.48 bits per heavy atom. The molecule has 1 aliphatic carbocycles. The fraction of sp³-hybridized carbons (Fsp3) is 0.583. The van der Waals surface area contributed by atoms with Crippen LogP contribution in [0.15, 0.2) is 47.6 Å². The average Bonchev–Trinajstić information content (AvgIpc) is 3.42. The second kappa shape index (κ2) is 14.9. The van der Waals surface area contributed by atoms with Crippen LogP contribution < -0.4 is 9.46 Å². The number of carbonyl (C=O) groups is 2. The highest BCUT2D eigenvalue weighted by Gasteiger charge is 2.42. The zero-order valence-electron chi connectivity index (χ0n) is 29.9. The molecule has 0 radical (unpaired) electrons. The van der Waals surface area contributed by atoms with Crippen LogP contribution in [-0.4, -0.2) is 69.4 Å². The first kappa shape index (κ1) is 37.5. The molecule has 2 aliphatic rings. The second-order valence-electron chi connectivity index (χ2n) is 15.5. The summed E-state index contributed by atoms with van der Waals surface area (Å²) < 4.78 is 40.9. The molecular weight excluding hydrogens is 680 g/mol. The lowest BCUT2D eigenvalue weighted by atomic mass is 9.92. The van der Waals surface area contributed by atoms with E-state index in [1.54, 1.807) is 18.3 Å². The SMILES string of the molecule is CC1(CCOc2ccn(-c3ccc(C(=O)NS(=O)(=O)c4ccc(CCCCCC5CN(C(=O)OC(C)(C)C)C(C)(C)C5)nc4)c(Cl)n3)n2)CC1. The minimum absolute atomic E-state index is 0.0939. The van der Waals surface area contributed by atoms with Gasteiger partial charge < -0.3 is 14.4 Å². The number of pyridine rings is 2. The molecule has 50 heavy (non-hydrogen) atoms. The zero-order valence-corrected chi connectivity index (χ0v) is 31.4. The van der Waals surface area contributed by atoms with Crippen LogP contribution in [0, 0.1) is 11.3 Å². The van der Waals surface area contributed by atoms with Crippen molar-refractivity contribution in [2.45, 2.75) is 115 Å². The van der Waals surface area contributed by atoms with Crippen LogP contribution in [0.25, 0.3) is 5.82 Å². The number of aryl methyl sites for hydroxylation is 1. The van der Waals surface area contributed by atoms with Gasteiger partial charge in [0.15, 0.2) is 5.82 Å². The highest BCUT2D eigenvalue weighted by atomic mass is 35.5. The Balaban J connectivity index is 1.06. The summed E-state index contributed by atoms with van der Waals surface area (Å²) >= 11 is 6.31. The molecule has 4 heterocycles. The van der Waals surface area contributed by atoms with E-state index in [9.17, 15) is 18.0 Å². The molecule has 1 aliphatic heterocycles. The Bertz CT molecular complexity index is 1780. The molecule has 1 unspecified atom stereocenters. The summed E-state index contributed by atoms with van der Waals surface area (Å²) in [6.45, 7) is 13.3. The molecule has 1 atom stereocenters. The number of ether oxygens (including phenoxy) is 2. The highest BCUT2D eigenvalue weighted by Crippen LogP contribution is 2.48. The van der Waals surface area contributed by atoms with Gasteiger partial charge in [0, 0.05) is 36.2 Å². The quantitative estimate of drug-likeness (QED) is 0.135. The van der Waals surface area contributed by atoms with Gasteiger partial charge in [-0.1, -0.05) is 31.4 Å². The number of rotatable bonds is 14. The van der Waals surface area contributed by atoms with Crippen molar-refractivity contribution in [3.63, 3.8) is 0 Å². The Labute approximate surface area is 300 Å². The number of aromatic nitrogens is 4. The van der Waals surface area contributed by atoms with Gasteiger partial charge in [0.05, 0.1) is 12.2 Å².